The van der Waals surface area contributed by atoms with Gasteiger partial charge in [0.15, 0.2) is 5.03 Å². The lowest BCUT2D eigenvalue weighted by atomic mass is 10.2. The van der Waals surface area contributed by atoms with Crippen LogP contribution in [-0.4, -0.2) is 42.6 Å². The van der Waals surface area contributed by atoms with E-state index in [0.29, 0.717) is 11.5 Å². The molecule has 0 spiro atoms. The van der Waals surface area contributed by atoms with Crippen molar-refractivity contribution in [2.75, 3.05) is 14.2 Å². The molecule has 164 valence electrons. The van der Waals surface area contributed by atoms with Crippen LogP contribution >= 0.6 is 0 Å². The molecule has 1 heterocycles. The number of aromatic nitrogens is 2. The molecule has 0 radical (unpaired) electrons. The van der Waals surface area contributed by atoms with Gasteiger partial charge in [0.05, 0.1) is 14.2 Å². The van der Waals surface area contributed by atoms with Gasteiger partial charge in [-0.05, 0) is 35.4 Å². The van der Waals surface area contributed by atoms with Gasteiger partial charge in [-0.25, -0.2) is 8.42 Å². The molecule has 0 aliphatic rings. The van der Waals surface area contributed by atoms with Gasteiger partial charge in [-0.2, -0.15) is 9.40 Å². The summed E-state index contributed by atoms with van der Waals surface area (Å²) in [6.07, 6.45) is 0. The molecule has 3 rings (SSSR count). The monoisotopic (exact) mass is 444 g/mol. The van der Waals surface area contributed by atoms with Crippen molar-refractivity contribution in [3.8, 4) is 11.5 Å². The van der Waals surface area contributed by atoms with E-state index < -0.39 is 15.9 Å². The van der Waals surface area contributed by atoms with Crippen LogP contribution in [0, 0.1) is 0 Å². The highest BCUT2D eigenvalue weighted by molar-refractivity contribution is 7.89. The topological polar surface area (TPSA) is 117 Å². The molecule has 0 bridgehead atoms. The van der Waals surface area contributed by atoms with Crippen molar-refractivity contribution in [1.29, 1.82) is 0 Å². The van der Waals surface area contributed by atoms with Gasteiger partial charge in [-0.3, -0.25) is 9.48 Å². The van der Waals surface area contributed by atoms with Gasteiger partial charge in [0.2, 0.25) is 0 Å². The van der Waals surface area contributed by atoms with Gasteiger partial charge in [-0.1, -0.05) is 24.3 Å². The fourth-order valence-corrected chi connectivity index (χ4v) is 4.41. The van der Waals surface area contributed by atoms with E-state index in [1.165, 1.54) is 17.4 Å². The highest BCUT2D eigenvalue weighted by Crippen LogP contribution is 2.23. The van der Waals surface area contributed by atoms with Crippen LogP contribution in [-0.2, 0) is 30.2 Å². The van der Waals surface area contributed by atoms with Crippen LogP contribution in [0.2, 0.25) is 0 Å². The first-order valence-electron chi connectivity index (χ1n) is 9.34. The molecule has 0 fully saturated rings. The Morgan fingerprint density at radius 3 is 1.77 bits per heavy atom. The Balaban J connectivity index is 1.97. The van der Waals surface area contributed by atoms with Crippen LogP contribution < -0.4 is 15.2 Å². The number of rotatable bonds is 9. The third kappa shape index (κ3) is 5.04. The number of sulfonamides is 1. The minimum absolute atomic E-state index is 0.00687. The van der Waals surface area contributed by atoms with E-state index in [-0.39, 0.29) is 23.8 Å². The summed E-state index contributed by atoms with van der Waals surface area (Å²) in [5.41, 5.74) is 6.86. The Hall–Kier alpha value is -3.37. The van der Waals surface area contributed by atoms with Crippen LogP contribution in [0.3, 0.4) is 0 Å². The molecule has 1 amide bonds. The summed E-state index contributed by atoms with van der Waals surface area (Å²) in [6, 6.07) is 15.4. The molecule has 2 N–H and O–H groups in total. The lowest BCUT2D eigenvalue weighted by molar-refractivity contribution is 0.0991. The van der Waals surface area contributed by atoms with Crippen molar-refractivity contribution in [1.82, 2.24) is 14.1 Å². The molecule has 2 aromatic carbocycles. The quantitative estimate of drug-likeness (QED) is 0.539. The number of nitrogens with two attached hydrogens (primary N) is 1. The maximum atomic E-state index is 13.4. The molecule has 1 aromatic heterocycles. The molecule has 3 aromatic rings. The van der Waals surface area contributed by atoms with Crippen LogP contribution in [0.25, 0.3) is 0 Å². The standard InChI is InChI=1S/C21H24N4O5S/c1-24-19(21(22)26)12-20(23-24)31(27,28)25(13-15-4-8-17(29-2)9-5-15)14-16-6-10-18(30-3)11-7-16/h4-12H,13-14H2,1-3H3,(H2,22,26). The first kappa shape index (κ1) is 22.3. The molecule has 10 heteroatoms. The SMILES string of the molecule is COc1ccc(CN(Cc2ccc(OC)cc2)S(=O)(=O)c2cc(C(N)=O)n(C)n2)cc1. The number of ether oxygens (including phenoxy) is 2. The van der Waals surface area contributed by atoms with E-state index in [1.807, 2.05) is 0 Å². The van der Waals surface area contributed by atoms with Gasteiger partial charge >= 0.3 is 0 Å². The summed E-state index contributed by atoms with van der Waals surface area (Å²) >= 11 is 0. The number of aryl methyl sites for hydroxylation is 1. The van der Waals surface area contributed by atoms with Crippen LogP contribution in [0.15, 0.2) is 59.6 Å². The normalized spacial score (nSPS) is 11.5. The minimum atomic E-state index is -4.03. The smallest absolute Gasteiger partial charge is 0.267 e. The third-order valence-corrected chi connectivity index (χ3v) is 6.42. The number of hydrogen-bond acceptors (Lipinski definition) is 6. The number of carbonyl (C=O) groups excluding carboxylic acids is 1. The highest BCUT2D eigenvalue weighted by atomic mass is 32.2. The van der Waals surface area contributed by atoms with Gasteiger partial charge < -0.3 is 15.2 Å². The van der Waals surface area contributed by atoms with Gasteiger partial charge in [-0.15, -0.1) is 0 Å². The number of benzene rings is 2. The van der Waals surface area contributed by atoms with Crippen molar-refractivity contribution in [3.63, 3.8) is 0 Å². The fourth-order valence-electron chi connectivity index (χ4n) is 3.02. The first-order valence-corrected chi connectivity index (χ1v) is 10.8. The second kappa shape index (κ2) is 9.19. The third-order valence-electron chi connectivity index (χ3n) is 4.75. The molecule has 0 aliphatic carbocycles. The van der Waals surface area contributed by atoms with E-state index >= 15 is 0 Å². The van der Waals surface area contributed by atoms with Crippen LogP contribution in [0.1, 0.15) is 21.6 Å². The van der Waals surface area contributed by atoms with Gasteiger partial charge in [0.1, 0.15) is 17.2 Å². The Morgan fingerprint density at radius 2 is 1.42 bits per heavy atom. The van der Waals surface area contributed by atoms with Crippen molar-refractivity contribution in [3.05, 3.63) is 71.4 Å². The summed E-state index contributed by atoms with van der Waals surface area (Å²) in [6.45, 7) is 0.196. The molecular weight excluding hydrogens is 420 g/mol. The molecule has 9 nitrogen and oxygen atoms in total. The number of methoxy groups -OCH3 is 2. The average Bonchev–Trinajstić information content (AvgIpc) is 3.17. The largest absolute Gasteiger partial charge is 0.497 e. The summed E-state index contributed by atoms with van der Waals surface area (Å²) in [5.74, 6) is 0.585. The van der Waals surface area contributed by atoms with E-state index in [1.54, 1.807) is 62.8 Å². The summed E-state index contributed by atoms with van der Waals surface area (Å²) in [4.78, 5) is 11.6. The summed E-state index contributed by atoms with van der Waals surface area (Å²) in [5, 5.41) is 3.76. The van der Waals surface area contributed by atoms with E-state index in [9.17, 15) is 13.2 Å². The zero-order valence-corrected chi connectivity index (χ0v) is 18.3. The number of primary amides is 1. The number of hydrogen-bond donors (Lipinski definition) is 1. The maximum Gasteiger partial charge on any atom is 0.267 e. The van der Waals surface area contributed by atoms with Crippen LogP contribution in [0.4, 0.5) is 0 Å². The molecule has 31 heavy (non-hydrogen) atoms. The maximum absolute atomic E-state index is 13.4. The van der Waals surface area contributed by atoms with E-state index in [2.05, 4.69) is 5.10 Å². The van der Waals surface area contributed by atoms with Gasteiger partial charge in [0.25, 0.3) is 15.9 Å². The van der Waals surface area contributed by atoms with Crippen molar-refractivity contribution in [2.24, 2.45) is 12.8 Å². The Bertz CT molecular complexity index is 1110. The predicted molar refractivity (Wildman–Crippen MR) is 114 cm³/mol. The molecule has 0 aliphatic heterocycles. The van der Waals surface area contributed by atoms with Gasteiger partial charge in [0, 0.05) is 26.2 Å². The minimum Gasteiger partial charge on any atom is -0.497 e. The molecule has 0 atom stereocenters. The molecule has 0 saturated carbocycles. The first-order chi connectivity index (χ1) is 14.7. The highest BCUT2D eigenvalue weighted by Gasteiger charge is 2.29. The van der Waals surface area contributed by atoms with E-state index in [0.717, 1.165) is 15.8 Å². The van der Waals surface area contributed by atoms with Crippen molar-refractivity contribution in [2.45, 2.75) is 18.1 Å². The number of carbonyl (C=O) groups is 1. The fraction of sp³-hybridized carbons (Fsp3) is 0.238. The second-order valence-electron chi connectivity index (χ2n) is 6.82. The van der Waals surface area contributed by atoms with Crippen molar-refractivity contribution >= 4 is 15.9 Å². The van der Waals surface area contributed by atoms with E-state index in [4.69, 9.17) is 15.2 Å². The Kier molecular flexibility index (Phi) is 6.62. The predicted octanol–water partition coefficient (Wildman–Crippen LogP) is 1.93. The zero-order chi connectivity index (χ0) is 22.6. The zero-order valence-electron chi connectivity index (χ0n) is 17.5. The molecule has 0 unspecified atom stereocenters. The summed E-state index contributed by atoms with van der Waals surface area (Å²) in [7, 11) is 0.560. The second-order valence-corrected chi connectivity index (χ2v) is 8.71. The number of amides is 1. The molecular formula is C21H24N4O5S. The number of nitrogens with zero attached hydrogens (tertiary/aromatic N) is 3. The molecule has 0 saturated heterocycles. The summed E-state index contributed by atoms with van der Waals surface area (Å²) < 4.78 is 39.6. The average molecular weight is 445 g/mol. The lowest BCUT2D eigenvalue weighted by Gasteiger charge is -2.21. The Labute approximate surface area is 181 Å². The van der Waals surface area contributed by atoms with Crippen LogP contribution in [0.5, 0.6) is 11.5 Å². The Morgan fingerprint density at radius 1 is 0.968 bits per heavy atom. The van der Waals surface area contributed by atoms with Crippen molar-refractivity contribution < 1.29 is 22.7 Å². The lowest BCUT2D eigenvalue weighted by Crippen LogP contribution is -2.30.